The van der Waals surface area contributed by atoms with Crippen molar-refractivity contribution in [3.8, 4) is 0 Å². The first-order valence-corrected chi connectivity index (χ1v) is 6.88. The number of hydrogen-bond acceptors (Lipinski definition) is 1. The van der Waals surface area contributed by atoms with Crippen molar-refractivity contribution in [1.29, 1.82) is 0 Å². The number of alkyl halides is 1. The van der Waals surface area contributed by atoms with Crippen LogP contribution in [-0.2, 0) is 0 Å². The number of hydrogen-bond donors (Lipinski definition) is 0. The standard InChI is InChI=1S/C12H8BrClF2S/c1-6-10(5-11(13)17-6)12(14)7-2-8(15)4-9(16)3-7/h2-5,12H,1H3. The highest BCUT2D eigenvalue weighted by Crippen LogP contribution is 2.37. The minimum absolute atomic E-state index is 0.428. The van der Waals surface area contributed by atoms with E-state index in [1.165, 1.54) is 12.1 Å². The van der Waals surface area contributed by atoms with Crippen LogP contribution in [-0.4, -0.2) is 0 Å². The summed E-state index contributed by atoms with van der Waals surface area (Å²) in [7, 11) is 0. The molecule has 90 valence electrons. The molecule has 1 heterocycles. The molecule has 0 N–H and O–H groups in total. The Balaban J connectivity index is 2.43. The Labute approximate surface area is 115 Å². The van der Waals surface area contributed by atoms with E-state index >= 15 is 0 Å². The third-order valence-corrected chi connectivity index (χ3v) is 4.43. The van der Waals surface area contributed by atoms with Gasteiger partial charge in [-0.25, -0.2) is 8.78 Å². The Morgan fingerprint density at radius 2 is 1.76 bits per heavy atom. The second-order valence-corrected chi connectivity index (χ2v) is 6.70. The molecule has 5 heteroatoms. The Morgan fingerprint density at radius 3 is 2.24 bits per heavy atom. The van der Waals surface area contributed by atoms with Gasteiger partial charge in [0.05, 0.1) is 9.16 Å². The van der Waals surface area contributed by atoms with Crippen molar-refractivity contribution >= 4 is 38.9 Å². The first-order chi connectivity index (χ1) is 7.97. The van der Waals surface area contributed by atoms with Crippen LogP contribution in [0.25, 0.3) is 0 Å². The molecule has 0 amide bonds. The zero-order chi connectivity index (χ0) is 12.6. The molecular weight excluding hydrogens is 330 g/mol. The van der Waals surface area contributed by atoms with Crippen molar-refractivity contribution in [3.63, 3.8) is 0 Å². The highest BCUT2D eigenvalue weighted by molar-refractivity contribution is 9.11. The van der Waals surface area contributed by atoms with E-state index in [2.05, 4.69) is 15.9 Å². The molecule has 0 aliphatic carbocycles. The van der Waals surface area contributed by atoms with Crippen LogP contribution in [0.4, 0.5) is 8.78 Å². The van der Waals surface area contributed by atoms with Gasteiger partial charge in [0.15, 0.2) is 0 Å². The van der Waals surface area contributed by atoms with Crippen molar-refractivity contribution in [2.45, 2.75) is 12.3 Å². The van der Waals surface area contributed by atoms with E-state index in [-0.39, 0.29) is 0 Å². The quantitative estimate of drug-likeness (QED) is 0.641. The molecule has 0 aliphatic rings. The average molecular weight is 338 g/mol. The Hall–Kier alpha value is -0.450. The van der Waals surface area contributed by atoms with Crippen LogP contribution in [0.3, 0.4) is 0 Å². The van der Waals surface area contributed by atoms with Gasteiger partial charge in [-0.1, -0.05) is 0 Å². The van der Waals surface area contributed by atoms with Gasteiger partial charge in [0.2, 0.25) is 0 Å². The van der Waals surface area contributed by atoms with E-state index in [0.29, 0.717) is 5.56 Å². The lowest BCUT2D eigenvalue weighted by atomic mass is 10.1. The number of aryl methyl sites for hydroxylation is 1. The van der Waals surface area contributed by atoms with Crippen LogP contribution in [0, 0.1) is 18.6 Å². The van der Waals surface area contributed by atoms with Crippen LogP contribution in [0.1, 0.15) is 21.4 Å². The van der Waals surface area contributed by atoms with Gasteiger partial charge in [0.1, 0.15) is 11.6 Å². The minimum atomic E-state index is -0.613. The molecule has 2 rings (SSSR count). The first-order valence-electron chi connectivity index (χ1n) is 4.83. The molecule has 0 bridgehead atoms. The Morgan fingerprint density at radius 1 is 1.18 bits per heavy atom. The molecule has 1 aromatic heterocycles. The van der Waals surface area contributed by atoms with E-state index in [1.54, 1.807) is 11.3 Å². The van der Waals surface area contributed by atoms with E-state index in [1.807, 2.05) is 13.0 Å². The van der Waals surface area contributed by atoms with Gasteiger partial charge in [-0.2, -0.15) is 0 Å². The maximum absolute atomic E-state index is 13.1. The lowest BCUT2D eigenvalue weighted by molar-refractivity contribution is 0.580. The zero-order valence-electron chi connectivity index (χ0n) is 8.81. The molecule has 0 aliphatic heterocycles. The average Bonchev–Trinajstić information content (AvgIpc) is 2.55. The van der Waals surface area contributed by atoms with Crippen LogP contribution in [0.5, 0.6) is 0 Å². The van der Waals surface area contributed by atoms with Gasteiger partial charge in [0.25, 0.3) is 0 Å². The van der Waals surface area contributed by atoms with Crippen LogP contribution >= 0.6 is 38.9 Å². The van der Waals surface area contributed by atoms with Crippen LogP contribution in [0.2, 0.25) is 0 Å². The number of benzene rings is 1. The summed E-state index contributed by atoms with van der Waals surface area (Å²) in [5.74, 6) is -1.23. The largest absolute Gasteiger partial charge is 0.207 e. The summed E-state index contributed by atoms with van der Waals surface area (Å²) in [5, 5.41) is -0.539. The van der Waals surface area contributed by atoms with E-state index in [0.717, 1.165) is 20.3 Å². The monoisotopic (exact) mass is 336 g/mol. The minimum Gasteiger partial charge on any atom is -0.207 e. The smallest absolute Gasteiger partial charge is 0.126 e. The van der Waals surface area contributed by atoms with E-state index in [4.69, 9.17) is 11.6 Å². The number of halogens is 4. The molecule has 0 nitrogen and oxygen atoms in total. The maximum Gasteiger partial charge on any atom is 0.126 e. The summed E-state index contributed by atoms with van der Waals surface area (Å²) in [6.45, 7) is 1.93. The zero-order valence-corrected chi connectivity index (χ0v) is 12.0. The molecule has 1 atom stereocenters. The van der Waals surface area contributed by atoms with Gasteiger partial charge in [-0.15, -0.1) is 22.9 Å². The summed E-state index contributed by atoms with van der Waals surface area (Å²) >= 11 is 11.2. The fraction of sp³-hybridized carbons (Fsp3) is 0.167. The second-order valence-electron chi connectivity index (χ2n) is 3.63. The van der Waals surface area contributed by atoms with E-state index < -0.39 is 17.0 Å². The predicted octanol–water partition coefficient (Wildman–Crippen LogP) is 5.43. The highest BCUT2D eigenvalue weighted by atomic mass is 79.9. The number of rotatable bonds is 2. The van der Waals surface area contributed by atoms with Gasteiger partial charge in [-0.05, 0) is 52.2 Å². The van der Waals surface area contributed by atoms with Crippen molar-refractivity contribution < 1.29 is 8.78 Å². The lowest BCUT2D eigenvalue weighted by Crippen LogP contribution is -1.95. The van der Waals surface area contributed by atoms with Gasteiger partial charge in [0, 0.05) is 10.9 Å². The molecule has 0 saturated heterocycles. The Bertz CT molecular complexity index is 533. The normalized spacial score (nSPS) is 12.8. The maximum atomic E-state index is 13.1. The molecular formula is C12H8BrClF2S. The lowest BCUT2D eigenvalue weighted by Gasteiger charge is -2.10. The summed E-state index contributed by atoms with van der Waals surface area (Å²) in [4.78, 5) is 1.03. The fourth-order valence-electron chi connectivity index (χ4n) is 1.61. The van der Waals surface area contributed by atoms with Crippen LogP contribution in [0.15, 0.2) is 28.1 Å². The van der Waals surface area contributed by atoms with E-state index in [9.17, 15) is 8.78 Å². The SMILES string of the molecule is Cc1sc(Br)cc1C(Cl)c1cc(F)cc(F)c1. The topological polar surface area (TPSA) is 0 Å². The molecule has 0 radical (unpaired) electrons. The second kappa shape index (κ2) is 5.04. The van der Waals surface area contributed by atoms with Gasteiger partial charge >= 0.3 is 0 Å². The Kier molecular flexibility index (Phi) is 3.85. The molecule has 0 fully saturated rings. The summed E-state index contributed by atoms with van der Waals surface area (Å²) in [6, 6.07) is 5.22. The number of thiophene rings is 1. The summed E-state index contributed by atoms with van der Waals surface area (Å²) in [6.07, 6.45) is 0. The van der Waals surface area contributed by atoms with Crippen molar-refractivity contribution in [1.82, 2.24) is 0 Å². The van der Waals surface area contributed by atoms with Gasteiger partial charge < -0.3 is 0 Å². The molecule has 2 aromatic rings. The highest BCUT2D eigenvalue weighted by Gasteiger charge is 2.17. The third-order valence-electron chi connectivity index (χ3n) is 2.38. The third kappa shape index (κ3) is 2.87. The first kappa shape index (κ1) is 13.0. The van der Waals surface area contributed by atoms with Crippen molar-refractivity contribution in [3.05, 3.63) is 55.7 Å². The van der Waals surface area contributed by atoms with Crippen molar-refractivity contribution in [2.24, 2.45) is 0 Å². The van der Waals surface area contributed by atoms with Crippen molar-refractivity contribution in [2.75, 3.05) is 0 Å². The van der Waals surface area contributed by atoms with Gasteiger partial charge in [-0.3, -0.25) is 0 Å². The van der Waals surface area contributed by atoms with Crippen LogP contribution < -0.4 is 0 Å². The molecule has 1 aromatic carbocycles. The molecule has 17 heavy (non-hydrogen) atoms. The molecule has 0 saturated carbocycles. The fourth-order valence-corrected chi connectivity index (χ4v) is 3.78. The summed E-state index contributed by atoms with van der Waals surface area (Å²) in [5.41, 5.74) is 1.30. The molecule has 0 spiro atoms. The predicted molar refractivity (Wildman–Crippen MR) is 70.8 cm³/mol. The molecule has 1 unspecified atom stereocenters. The summed E-state index contributed by atoms with van der Waals surface area (Å²) < 4.78 is 27.2.